The molecule has 0 atom stereocenters. The van der Waals surface area contributed by atoms with Gasteiger partial charge >= 0.3 is 0 Å². The second-order valence-corrected chi connectivity index (χ2v) is 6.34. The van der Waals surface area contributed by atoms with Crippen molar-refractivity contribution in [2.24, 2.45) is 5.10 Å². The van der Waals surface area contributed by atoms with Crippen LogP contribution < -0.4 is 4.74 Å². The van der Waals surface area contributed by atoms with E-state index in [1.54, 1.807) is 10.9 Å². The molecule has 0 aliphatic rings. The average molecular weight is 366 g/mol. The molecule has 3 aromatic rings. The molecule has 0 aliphatic heterocycles. The zero-order chi connectivity index (χ0) is 18.2. The van der Waals surface area contributed by atoms with Crippen LogP contribution in [-0.4, -0.2) is 21.1 Å². The van der Waals surface area contributed by atoms with E-state index in [9.17, 15) is 0 Å². The molecule has 134 valence electrons. The van der Waals surface area contributed by atoms with Crippen LogP contribution in [-0.2, 0) is 13.0 Å². The van der Waals surface area contributed by atoms with E-state index in [1.807, 2.05) is 54.6 Å². The number of hydrogen-bond donors (Lipinski definition) is 1. The molecule has 0 saturated carbocycles. The number of aromatic nitrogens is 3. The number of rotatable bonds is 8. The lowest BCUT2D eigenvalue weighted by molar-refractivity contribution is 0.306. The minimum absolute atomic E-state index is 0.504. The van der Waals surface area contributed by atoms with Crippen molar-refractivity contribution < 1.29 is 4.74 Å². The number of hydrogen-bond acceptors (Lipinski definition) is 4. The molecule has 3 rings (SSSR count). The van der Waals surface area contributed by atoms with E-state index in [1.165, 1.54) is 0 Å². The van der Waals surface area contributed by atoms with E-state index < -0.39 is 0 Å². The molecular weight excluding hydrogens is 344 g/mol. The largest absolute Gasteiger partial charge is 0.489 e. The van der Waals surface area contributed by atoms with Crippen LogP contribution in [0.1, 0.15) is 36.7 Å². The Bertz CT molecular complexity index is 915. The zero-order valence-corrected chi connectivity index (χ0v) is 15.6. The normalized spacial score (nSPS) is 11.1. The first-order chi connectivity index (χ1) is 12.8. The van der Waals surface area contributed by atoms with Gasteiger partial charge in [-0.2, -0.15) is 14.9 Å². The molecule has 26 heavy (non-hydrogen) atoms. The highest BCUT2D eigenvalue weighted by Crippen LogP contribution is 2.14. The number of aryl methyl sites for hydroxylation is 1. The molecule has 1 heterocycles. The lowest BCUT2D eigenvalue weighted by Gasteiger charge is -2.06. The standard InChI is InChI=1S/C20H22N4OS/c1-2-3-12-19-22-23-20(26)24(19)21-14-17-10-7-11-18(13-17)25-15-16-8-5-4-6-9-16/h4-11,13-14H,2-3,12,15H2,1H3,(H,23,26)/b21-14+. The van der Waals surface area contributed by atoms with E-state index in [4.69, 9.17) is 17.0 Å². The van der Waals surface area contributed by atoms with Crippen LogP contribution in [0.4, 0.5) is 0 Å². The Morgan fingerprint density at radius 1 is 1.19 bits per heavy atom. The van der Waals surface area contributed by atoms with Gasteiger partial charge in [-0.3, -0.25) is 5.10 Å². The third-order valence-electron chi connectivity index (χ3n) is 3.90. The van der Waals surface area contributed by atoms with Crippen LogP contribution in [0.2, 0.25) is 0 Å². The Balaban J connectivity index is 1.70. The second kappa shape index (κ2) is 9.10. The topological polar surface area (TPSA) is 55.2 Å². The van der Waals surface area contributed by atoms with Gasteiger partial charge in [-0.05, 0) is 41.9 Å². The highest BCUT2D eigenvalue weighted by atomic mass is 32.1. The van der Waals surface area contributed by atoms with Gasteiger partial charge in [-0.25, -0.2) is 0 Å². The molecule has 0 saturated heterocycles. The van der Waals surface area contributed by atoms with Crippen molar-refractivity contribution in [2.75, 3.05) is 0 Å². The Labute approximate surface area is 158 Å². The summed E-state index contributed by atoms with van der Waals surface area (Å²) in [5.74, 6) is 1.66. The fourth-order valence-electron chi connectivity index (χ4n) is 2.49. The Hall–Kier alpha value is -2.73. The van der Waals surface area contributed by atoms with Crippen LogP contribution in [0.3, 0.4) is 0 Å². The van der Waals surface area contributed by atoms with Crippen molar-refractivity contribution in [2.45, 2.75) is 32.8 Å². The van der Waals surface area contributed by atoms with Crippen LogP contribution >= 0.6 is 12.2 Å². The molecule has 0 aliphatic carbocycles. The highest BCUT2D eigenvalue weighted by molar-refractivity contribution is 7.71. The predicted molar refractivity (Wildman–Crippen MR) is 106 cm³/mol. The van der Waals surface area contributed by atoms with Crippen molar-refractivity contribution in [1.82, 2.24) is 14.9 Å². The summed E-state index contributed by atoms with van der Waals surface area (Å²) in [5, 5.41) is 11.5. The minimum atomic E-state index is 0.504. The van der Waals surface area contributed by atoms with Crippen LogP contribution in [0.15, 0.2) is 59.7 Å². The van der Waals surface area contributed by atoms with E-state index >= 15 is 0 Å². The Morgan fingerprint density at radius 2 is 2.04 bits per heavy atom. The second-order valence-electron chi connectivity index (χ2n) is 5.95. The van der Waals surface area contributed by atoms with Crippen molar-refractivity contribution in [3.63, 3.8) is 0 Å². The SMILES string of the molecule is CCCCc1n[nH]c(=S)n1/N=C/c1cccc(OCc2ccccc2)c1. The highest BCUT2D eigenvalue weighted by Gasteiger charge is 2.04. The fourth-order valence-corrected chi connectivity index (χ4v) is 2.69. The maximum absolute atomic E-state index is 5.86. The lowest BCUT2D eigenvalue weighted by Crippen LogP contribution is -1.99. The summed E-state index contributed by atoms with van der Waals surface area (Å²) in [5.41, 5.74) is 2.08. The monoisotopic (exact) mass is 366 g/mol. The van der Waals surface area contributed by atoms with E-state index in [0.29, 0.717) is 11.4 Å². The van der Waals surface area contributed by atoms with Crippen LogP contribution in [0.5, 0.6) is 5.75 Å². The summed E-state index contributed by atoms with van der Waals surface area (Å²) < 4.78 is 8.05. The van der Waals surface area contributed by atoms with Gasteiger partial charge in [0.2, 0.25) is 4.77 Å². The van der Waals surface area contributed by atoms with Gasteiger partial charge in [-0.15, -0.1) is 0 Å². The zero-order valence-electron chi connectivity index (χ0n) is 14.8. The Morgan fingerprint density at radius 3 is 2.85 bits per heavy atom. The molecule has 0 unspecified atom stereocenters. The van der Waals surface area contributed by atoms with Gasteiger partial charge in [-0.1, -0.05) is 55.8 Å². The van der Waals surface area contributed by atoms with E-state index in [2.05, 4.69) is 22.2 Å². The van der Waals surface area contributed by atoms with Crippen molar-refractivity contribution >= 4 is 18.4 Å². The molecule has 0 bridgehead atoms. The number of ether oxygens (including phenoxy) is 1. The first-order valence-corrected chi connectivity index (χ1v) is 9.14. The number of H-pyrrole nitrogens is 1. The van der Waals surface area contributed by atoms with Crippen molar-refractivity contribution in [1.29, 1.82) is 0 Å². The van der Waals surface area contributed by atoms with Gasteiger partial charge in [0.05, 0.1) is 6.21 Å². The van der Waals surface area contributed by atoms with Crippen molar-refractivity contribution in [3.8, 4) is 5.75 Å². The molecule has 0 spiro atoms. The molecular formula is C20H22N4OS. The molecule has 0 radical (unpaired) electrons. The van der Waals surface area contributed by atoms with Gasteiger partial charge in [0.25, 0.3) is 0 Å². The minimum Gasteiger partial charge on any atom is -0.489 e. The first-order valence-electron chi connectivity index (χ1n) is 8.73. The average Bonchev–Trinajstić information content (AvgIpc) is 3.04. The third kappa shape index (κ3) is 4.89. The van der Waals surface area contributed by atoms with E-state index in [0.717, 1.165) is 42.0 Å². The summed E-state index contributed by atoms with van der Waals surface area (Å²) in [4.78, 5) is 0. The summed E-state index contributed by atoms with van der Waals surface area (Å²) in [6.07, 6.45) is 4.78. The quantitative estimate of drug-likeness (QED) is 0.462. The summed E-state index contributed by atoms with van der Waals surface area (Å²) >= 11 is 5.27. The maximum Gasteiger partial charge on any atom is 0.216 e. The molecule has 0 amide bonds. The molecule has 2 aromatic carbocycles. The number of nitrogens with one attached hydrogen (secondary N) is 1. The number of nitrogens with zero attached hydrogens (tertiary/aromatic N) is 3. The van der Waals surface area contributed by atoms with Gasteiger partial charge in [0.1, 0.15) is 12.4 Å². The molecule has 6 heteroatoms. The van der Waals surface area contributed by atoms with Gasteiger partial charge < -0.3 is 4.74 Å². The number of aromatic amines is 1. The van der Waals surface area contributed by atoms with Gasteiger partial charge in [0.15, 0.2) is 5.82 Å². The maximum atomic E-state index is 5.86. The predicted octanol–water partition coefficient (Wildman–Crippen LogP) is 4.74. The molecule has 5 nitrogen and oxygen atoms in total. The smallest absolute Gasteiger partial charge is 0.216 e. The van der Waals surface area contributed by atoms with E-state index in [-0.39, 0.29) is 0 Å². The fraction of sp³-hybridized carbons (Fsp3) is 0.250. The van der Waals surface area contributed by atoms with Crippen LogP contribution in [0.25, 0.3) is 0 Å². The number of benzene rings is 2. The van der Waals surface area contributed by atoms with Crippen LogP contribution in [0, 0.1) is 4.77 Å². The third-order valence-corrected chi connectivity index (χ3v) is 4.16. The molecule has 0 fully saturated rings. The lowest BCUT2D eigenvalue weighted by atomic mass is 10.2. The summed E-state index contributed by atoms with van der Waals surface area (Å²) in [6.45, 7) is 2.69. The summed E-state index contributed by atoms with van der Waals surface area (Å²) in [7, 11) is 0. The first kappa shape index (κ1) is 18.1. The summed E-state index contributed by atoms with van der Waals surface area (Å²) in [6, 6.07) is 17.9. The molecule has 1 aromatic heterocycles. The van der Waals surface area contributed by atoms with Gasteiger partial charge in [0, 0.05) is 6.42 Å². The Kier molecular flexibility index (Phi) is 6.33. The van der Waals surface area contributed by atoms with Crippen molar-refractivity contribution in [3.05, 3.63) is 76.3 Å². The number of unbranched alkanes of at least 4 members (excludes halogenated alkanes) is 1. The molecule has 1 N–H and O–H groups in total.